The Labute approximate surface area is 161 Å². The molecule has 1 saturated heterocycles. The number of ether oxygens (including phenoxy) is 2. The lowest BCUT2D eigenvalue weighted by Gasteiger charge is -2.30. The van der Waals surface area contributed by atoms with Gasteiger partial charge in [0.15, 0.2) is 5.79 Å². The summed E-state index contributed by atoms with van der Waals surface area (Å²) in [5, 5.41) is -0.658. The highest BCUT2D eigenvalue weighted by Crippen LogP contribution is 2.33. The summed E-state index contributed by atoms with van der Waals surface area (Å²) in [5.74, 6) is -1.11. The number of hydrogen-bond donors (Lipinski definition) is 1. The highest BCUT2D eigenvalue weighted by atomic mass is 32.2. The van der Waals surface area contributed by atoms with Gasteiger partial charge in [-0.25, -0.2) is 12.8 Å². The maximum absolute atomic E-state index is 13.7. The van der Waals surface area contributed by atoms with Crippen LogP contribution in [-0.4, -0.2) is 32.7 Å². The number of benzene rings is 1. The second kappa shape index (κ2) is 8.71. The van der Waals surface area contributed by atoms with Gasteiger partial charge in [0.05, 0.1) is 24.2 Å². The highest BCUT2D eigenvalue weighted by molar-refractivity contribution is 7.93. The molecule has 1 aromatic rings. The molecule has 7 heteroatoms. The number of unbranched alkanes of at least 4 members (excludes halogenated alkanes) is 3. The van der Waals surface area contributed by atoms with E-state index in [1.807, 2.05) is 0 Å². The molecular weight excluding hydrogens is 369 g/mol. The zero-order valence-corrected chi connectivity index (χ0v) is 16.6. The molecule has 3 rings (SSSR count). The predicted octanol–water partition coefficient (Wildman–Crippen LogP) is 4.15. The van der Waals surface area contributed by atoms with E-state index in [4.69, 9.17) is 9.47 Å². The zero-order valence-electron chi connectivity index (χ0n) is 15.7. The summed E-state index contributed by atoms with van der Waals surface area (Å²) in [7, 11) is -3.62. The zero-order chi connectivity index (χ0) is 19.3. The van der Waals surface area contributed by atoms with Crippen molar-refractivity contribution in [2.24, 2.45) is 0 Å². The Morgan fingerprint density at radius 1 is 1.22 bits per heavy atom. The lowest BCUT2D eigenvalue weighted by Crippen LogP contribution is -2.37. The predicted molar refractivity (Wildman–Crippen MR) is 104 cm³/mol. The van der Waals surface area contributed by atoms with Crippen LogP contribution in [0.25, 0.3) is 0 Å². The molecule has 150 valence electrons. The number of nitrogens with one attached hydrogen (secondary N) is 1. The van der Waals surface area contributed by atoms with Crippen molar-refractivity contribution in [1.82, 2.24) is 0 Å². The Bertz CT molecular complexity index is 772. The Kier molecular flexibility index (Phi) is 6.55. The second-order valence-corrected chi connectivity index (χ2v) is 9.10. The lowest BCUT2D eigenvalue weighted by molar-refractivity contribution is -0.124. The standard InChI is InChI=1S/C20H28FNO4S/c1-2-3-4-5-6-16-15-17(21)7-8-19(16)22-27(23,24)18-9-11-20(12-10-18)25-13-14-26-20/h7-9,11,15,18,22H,2-6,10,12-14H2,1H3. The molecular formula is C20H28FNO4S. The van der Waals surface area contributed by atoms with Gasteiger partial charge in [-0.1, -0.05) is 32.3 Å². The molecule has 1 aromatic carbocycles. The van der Waals surface area contributed by atoms with Gasteiger partial charge in [0.2, 0.25) is 10.0 Å². The number of rotatable bonds is 8. The van der Waals surface area contributed by atoms with E-state index in [0.29, 0.717) is 43.7 Å². The van der Waals surface area contributed by atoms with Crippen LogP contribution in [0.4, 0.5) is 10.1 Å². The molecule has 1 aliphatic carbocycles. The van der Waals surface area contributed by atoms with Crippen molar-refractivity contribution < 1.29 is 22.3 Å². The van der Waals surface area contributed by atoms with Crippen molar-refractivity contribution in [3.8, 4) is 0 Å². The van der Waals surface area contributed by atoms with Gasteiger partial charge >= 0.3 is 0 Å². The van der Waals surface area contributed by atoms with E-state index in [9.17, 15) is 12.8 Å². The maximum Gasteiger partial charge on any atom is 0.239 e. The molecule has 0 radical (unpaired) electrons. The third-order valence-corrected chi connectivity index (χ3v) is 6.83. The van der Waals surface area contributed by atoms with Crippen LogP contribution >= 0.6 is 0 Å². The average Bonchev–Trinajstić information content (AvgIpc) is 3.09. The Balaban J connectivity index is 1.70. The van der Waals surface area contributed by atoms with E-state index < -0.39 is 21.1 Å². The molecule has 1 heterocycles. The van der Waals surface area contributed by atoms with E-state index in [-0.39, 0.29) is 5.82 Å². The van der Waals surface area contributed by atoms with Gasteiger partial charge in [0.25, 0.3) is 0 Å². The maximum atomic E-state index is 13.7. The van der Waals surface area contributed by atoms with Crippen LogP contribution in [0.15, 0.2) is 30.4 Å². The number of sulfonamides is 1. The first-order valence-corrected chi connectivity index (χ1v) is 11.3. The van der Waals surface area contributed by atoms with E-state index in [0.717, 1.165) is 25.7 Å². The minimum atomic E-state index is -3.62. The molecule has 0 amide bonds. The third-order valence-electron chi connectivity index (χ3n) is 5.14. The first-order chi connectivity index (χ1) is 12.9. The quantitative estimate of drug-likeness (QED) is 0.529. The molecule has 1 fully saturated rings. The normalized spacial score (nSPS) is 21.6. The molecule has 1 unspecified atom stereocenters. The largest absolute Gasteiger partial charge is 0.344 e. The van der Waals surface area contributed by atoms with Crippen molar-refractivity contribution >= 4 is 15.7 Å². The molecule has 2 aliphatic rings. The van der Waals surface area contributed by atoms with Gasteiger partial charge in [0, 0.05) is 6.42 Å². The number of aryl methyl sites for hydroxylation is 1. The average molecular weight is 398 g/mol. The van der Waals surface area contributed by atoms with Crippen molar-refractivity contribution in [2.75, 3.05) is 17.9 Å². The van der Waals surface area contributed by atoms with Crippen LogP contribution in [0.2, 0.25) is 0 Å². The van der Waals surface area contributed by atoms with Gasteiger partial charge in [-0.15, -0.1) is 0 Å². The van der Waals surface area contributed by atoms with Crippen molar-refractivity contribution in [3.63, 3.8) is 0 Å². The summed E-state index contributed by atoms with van der Waals surface area (Å²) in [6, 6.07) is 4.23. The molecule has 27 heavy (non-hydrogen) atoms. The lowest BCUT2D eigenvalue weighted by atomic mass is 10.0. The fraction of sp³-hybridized carbons (Fsp3) is 0.600. The Morgan fingerprint density at radius 2 is 2.00 bits per heavy atom. The summed E-state index contributed by atoms with van der Waals surface area (Å²) in [4.78, 5) is 0. The fourth-order valence-corrected chi connectivity index (χ4v) is 4.96. The minimum absolute atomic E-state index is 0.349. The van der Waals surface area contributed by atoms with Crippen molar-refractivity contribution in [1.29, 1.82) is 0 Å². The summed E-state index contributed by atoms with van der Waals surface area (Å²) in [6.45, 7) is 3.18. The molecule has 1 atom stereocenters. The molecule has 0 bridgehead atoms. The third kappa shape index (κ3) is 5.09. The summed E-state index contributed by atoms with van der Waals surface area (Å²) < 4.78 is 53.2. The van der Waals surface area contributed by atoms with Crippen molar-refractivity contribution in [3.05, 3.63) is 41.7 Å². The van der Waals surface area contributed by atoms with E-state index in [1.165, 1.54) is 18.2 Å². The van der Waals surface area contributed by atoms with Crippen LogP contribution in [0.5, 0.6) is 0 Å². The summed E-state index contributed by atoms with van der Waals surface area (Å²) >= 11 is 0. The van der Waals surface area contributed by atoms with Crippen molar-refractivity contribution in [2.45, 2.75) is 62.9 Å². The van der Waals surface area contributed by atoms with Crippen LogP contribution in [0, 0.1) is 5.82 Å². The van der Waals surface area contributed by atoms with Gasteiger partial charge in [0.1, 0.15) is 5.82 Å². The van der Waals surface area contributed by atoms with E-state index >= 15 is 0 Å². The molecule has 1 aliphatic heterocycles. The molecule has 1 spiro atoms. The number of halogens is 1. The van der Waals surface area contributed by atoms with Gasteiger partial charge in [-0.2, -0.15) is 0 Å². The van der Waals surface area contributed by atoms with Gasteiger partial charge in [-0.05, 0) is 49.1 Å². The SMILES string of the molecule is CCCCCCc1cc(F)ccc1NS(=O)(=O)C1C=CC2(CC1)OCCO2. The van der Waals surface area contributed by atoms with E-state index in [2.05, 4.69) is 11.6 Å². The molecule has 1 N–H and O–H groups in total. The monoisotopic (exact) mass is 397 g/mol. The smallest absolute Gasteiger partial charge is 0.239 e. The van der Waals surface area contributed by atoms with Gasteiger partial charge in [-0.3, -0.25) is 4.72 Å². The highest BCUT2D eigenvalue weighted by Gasteiger charge is 2.39. The number of anilines is 1. The topological polar surface area (TPSA) is 64.6 Å². The minimum Gasteiger partial charge on any atom is -0.344 e. The molecule has 0 aromatic heterocycles. The van der Waals surface area contributed by atoms with Crippen LogP contribution in [0.1, 0.15) is 51.0 Å². The van der Waals surface area contributed by atoms with Crippen LogP contribution in [-0.2, 0) is 25.9 Å². The Morgan fingerprint density at radius 3 is 2.67 bits per heavy atom. The number of hydrogen-bond acceptors (Lipinski definition) is 4. The summed E-state index contributed by atoms with van der Waals surface area (Å²) in [6.07, 6.45) is 9.12. The molecule has 0 saturated carbocycles. The van der Waals surface area contributed by atoms with Gasteiger partial charge < -0.3 is 9.47 Å². The molecule has 5 nitrogen and oxygen atoms in total. The second-order valence-electron chi connectivity index (χ2n) is 7.20. The van der Waals surface area contributed by atoms with Crippen LogP contribution < -0.4 is 4.72 Å². The first-order valence-electron chi connectivity index (χ1n) is 9.71. The fourth-order valence-electron chi connectivity index (χ4n) is 3.59. The van der Waals surface area contributed by atoms with Crippen LogP contribution in [0.3, 0.4) is 0 Å². The van der Waals surface area contributed by atoms with E-state index in [1.54, 1.807) is 12.2 Å². The Hall–Kier alpha value is -1.44. The first kappa shape index (κ1) is 20.3. The summed E-state index contributed by atoms with van der Waals surface area (Å²) in [5.41, 5.74) is 1.17.